The fraction of sp³-hybridized carbons (Fsp3) is 0.250. The second kappa shape index (κ2) is 5.82. The number of unbranched alkanes of at least 4 members (excludes halogenated alkanes) is 1. The summed E-state index contributed by atoms with van der Waals surface area (Å²) in [4.78, 5) is 0. The van der Waals surface area contributed by atoms with Crippen molar-refractivity contribution in [2.75, 3.05) is 6.61 Å². The summed E-state index contributed by atoms with van der Waals surface area (Å²) in [6, 6.07) is 5.99. The molecule has 0 aliphatic heterocycles. The van der Waals surface area contributed by atoms with Gasteiger partial charge >= 0.3 is 0 Å². The molecule has 1 aromatic rings. The van der Waals surface area contributed by atoms with Gasteiger partial charge < -0.3 is 4.74 Å². The van der Waals surface area contributed by atoms with Crippen molar-refractivity contribution in [3.8, 4) is 11.8 Å². The maximum Gasteiger partial charge on any atom is 0.144 e. The van der Waals surface area contributed by atoms with Crippen LogP contribution in [0.25, 0.3) is 0 Å². The van der Waals surface area contributed by atoms with Crippen molar-refractivity contribution in [3.63, 3.8) is 0 Å². The van der Waals surface area contributed by atoms with Crippen LogP contribution < -0.4 is 4.74 Å². The van der Waals surface area contributed by atoms with E-state index in [-0.39, 0.29) is 5.56 Å². The average Bonchev–Trinajstić information content (AvgIpc) is 2.25. The molecule has 0 fully saturated rings. The van der Waals surface area contributed by atoms with Gasteiger partial charge in [0, 0.05) is 6.07 Å². The third-order valence-corrected chi connectivity index (χ3v) is 1.88. The Morgan fingerprint density at radius 3 is 2.93 bits per heavy atom. The number of benzene rings is 1. The van der Waals surface area contributed by atoms with E-state index < -0.39 is 5.82 Å². The predicted octanol–water partition coefficient (Wildman–Crippen LogP) is 3.04. The minimum absolute atomic E-state index is 0.0356. The Kier molecular flexibility index (Phi) is 4.36. The van der Waals surface area contributed by atoms with Crippen molar-refractivity contribution in [2.24, 2.45) is 0 Å². The van der Waals surface area contributed by atoms with E-state index in [1.807, 2.05) is 6.08 Å². The molecule has 3 heteroatoms. The van der Waals surface area contributed by atoms with Gasteiger partial charge in [-0.05, 0) is 25.0 Å². The molecule has 0 aliphatic rings. The van der Waals surface area contributed by atoms with Crippen LogP contribution in [0.5, 0.6) is 5.75 Å². The van der Waals surface area contributed by atoms with Crippen LogP contribution in [0, 0.1) is 17.1 Å². The first kappa shape index (κ1) is 11.3. The summed E-state index contributed by atoms with van der Waals surface area (Å²) in [5, 5.41) is 8.51. The zero-order valence-corrected chi connectivity index (χ0v) is 8.37. The Balaban J connectivity index is 2.53. The van der Waals surface area contributed by atoms with Crippen LogP contribution >= 0.6 is 0 Å². The van der Waals surface area contributed by atoms with E-state index in [1.165, 1.54) is 12.1 Å². The van der Waals surface area contributed by atoms with Crippen molar-refractivity contribution in [3.05, 3.63) is 42.2 Å². The van der Waals surface area contributed by atoms with Crippen LogP contribution in [-0.4, -0.2) is 6.61 Å². The lowest BCUT2D eigenvalue weighted by atomic mass is 10.2. The van der Waals surface area contributed by atoms with E-state index in [0.29, 0.717) is 12.4 Å². The third kappa shape index (κ3) is 3.43. The second-order valence-electron chi connectivity index (χ2n) is 3.03. The standard InChI is InChI=1S/C12H12FNO/c1-2-3-4-7-15-11-6-5-10(9-14)12(13)8-11/h2,5-6,8H,1,3-4,7H2. The summed E-state index contributed by atoms with van der Waals surface area (Å²) in [7, 11) is 0. The normalized spacial score (nSPS) is 9.33. The molecule has 1 rings (SSSR count). The van der Waals surface area contributed by atoms with Gasteiger partial charge in [0.2, 0.25) is 0 Å². The Morgan fingerprint density at radius 1 is 1.53 bits per heavy atom. The minimum atomic E-state index is -0.543. The fourth-order valence-corrected chi connectivity index (χ4v) is 1.09. The number of allylic oxidation sites excluding steroid dienone is 1. The molecule has 0 atom stereocenters. The van der Waals surface area contributed by atoms with Crippen LogP contribution in [0.2, 0.25) is 0 Å². The van der Waals surface area contributed by atoms with Crippen LogP contribution in [0.3, 0.4) is 0 Å². The molecular formula is C12H12FNO. The Bertz CT molecular complexity index is 382. The molecule has 0 saturated heterocycles. The first-order chi connectivity index (χ1) is 7.27. The highest BCUT2D eigenvalue weighted by molar-refractivity contribution is 5.36. The lowest BCUT2D eigenvalue weighted by Gasteiger charge is -2.05. The largest absolute Gasteiger partial charge is 0.493 e. The number of halogens is 1. The number of hydrogen-bond donors (Lipinski definition) is 0. The van der Waals surface area contributed by atoms with Crippen LogP contribution in [0.4, 0.5) is 4.39 Å². The molecule has 1 aromatic carbocycles. The van der Waals surface area contributed by atoms with Crippen molar-refractivity contribution in [2.45, 2.75) is 12.8 Å². The van der Waals surface area contributed by atoms with Crippen LogP contribution in [0.15, 0.2) is 30.9 Å². The molecule has 0 spiro atoms. The number of hydrogen-bond acceptors (Lipinski definition) is 2. The zero-order valence-electron chi connectivity index (χ0n) is 8.37. The Hall–Kier alpha value is -1.82. The van der Waals surface area contributed by atoms with E-state index >= 15 is 0 Å². The SMILES string of the molecule is C=CCCCOc1ccc(C#N)c(F)c1. The molecule has 0 N–H and O–H groups in total. The Morgan fingerprint density at radius 2 is 2.33 bits per heavy atom. The highest BCUT2D eigenvalue weighted by Crippen LogP contribution is 2.16. The molecular weight excluding hydrogens is 193 g/mol. The van der Waals surface area contributed by atoms with Crippen molar-refractivity contribution >= 4 is 0 Å². The molecule has 0 amide bonds. The van der Waals surface area contributed by atoms with E-state index in [0.717, 1.165) is 12.8 Å². The molecule has 0 bridgehead atoms. The van der Waals surface area contributed by atoms with Gasteiger partial charge in [-0.15, -0.1) is 6.58 Å². The van der Waals surface area contributed by atoms with Gasteiger partial charge in [-0.3, -0.25) is 0 Å². The molecule has 0 heterocycles. The third-order valence-electron chi connectivity index (χ3n) is 1.88. The smallest absolute Gasteiger partial charge is 0.144 e. The second-order valence-corrected chi connectivity index (χ2v) is 3.03. The summed E-state index contributed by atoms with van der Waals surface area (Å²) in [6.07, 6.45) is 3.53. The zero-order chi connectivity index (χ0) is 11.1. The first-order valence-electron chi connectivity index (χ1n) is 4.71. The average molecular weight is 205 g/mol. The highest BCUT2D eigenvalue weighted by atomic mass is 19.1. The van der Waals surface area contributed by atoms with Crippen molar-refractivity contribution < 1.29 is 9.13 Å². The van der Waals surface area contributed by atoms with Gasteiger partial charge in [-0.25, -0.2) is 4.39 Å². The molecule has 78 valence electrons. The first-order valence-corrected chi connectivity index (χ1v) is 4.71. The number of ether oxygens (including phenoxy) is 1. The predicted molar refractivity (Wildman–Crippen MR) is 56.0 cm³/mol. The molecule has 0 aliphatic carbocycles. The Labute approximate surface area is 88.6 Å². The maximum atomic E-state index is 13.1. The lowest BCUT2D eigenvalue weighted by molar-refractivity contribution is 0.310. The minimum Gasteiger partial charge on any atom is -0.493 e. The van der Waals surface area contributed by atoms with Gasteiger partial charge in [0.05, 0.1) is 12.2 Å². The highest BCUT2D eigenvalue weighted by Gasteiger charge is 2.02. The molecule has 2 nitrogen and oxygen atoms in total. The van der Waals surface area contributed by atoms with E-state index in [2.05, 4.69) is 6.58 Å². The lowest BCUT2D eigenvalue weighted by Crippen LogP contribution is -1.97. The van der Waals surface area contributed by atoms with E-state index in [9.17, 15) is 4.39 Å². The van der Waals surface area contributed by atoms with Crippen LogP contribution in [0.1, 0.15) is 18.4 Å². The summed E-state index contributed by atoms with van der Waals surface area (Å²) in [5.41, 5.74) is 0.0356. The summed E-state index contributed by atoms with van der Waals surface area (Å²) < 4.78 is 18.4. The summed E-state index contributed by atoms with van der Waals surface area (Å²) in [6.45, 7) is 4.12. The topological polar surface area (TPSA) is 33.0 Å². The maximum absolute atomic E-state index is 13.1. The summed E-state index contributed by atoms with van der Waals surface area (Å²) in [5.74, 6) is -0.0886. The number of nitrogens with zero attached hydrogens (tertiary/aromatic N) is 1. The molecule has 15 heavy (non-hydrogen) atoms. The van der Waals surface area contributed by atoms with Crippen molar-refractivity contribution in [1.29, 1.82) is 5.26 Å². The van der Waals surface area contributed by atoms with Gasteiger partial charge in [0.25, 0.3) is 0 Å². The van der Waals surface area contributed by atoms with E-state index in [1.54, 1.807) is 12.1 Å². The van der Waals surface area contributed by atoms with Gasteiger partial charge in [-0.1, -0.05) is 6.08 Å². The molecule has 0 saturated carbocycles. The number of rotatable bonds is 5. The fourth-order valence-electron chi connectivity index (χ4n) is 1.09. The monoisotopic (exact) mass is 205 g/mol. The summed E-state index contributed by atoms with van der Waals surface area (Å²) >= 11 is 0. The van der Waals surface area contributed by atoms with E-state index in [4.69, 9.17) is 10.00 Å². The quantitative estimate of drug-likeness (QED) is 0.546. The molecule has 0 aromatic heterocycles. The van der Waals surface area contributed by atoms with Gasteiger partial charge in [0.1, 0.15) is 17.6 Å². The number of nitriles is 1. The molecule has 0 unspecified atom stereocenters. The van der Waals surface area contributed by atoms with Gasteiger partial charge in [-0.2, -0.15) is 5.26 Å². The molecule has 0 radical (unpaired) electrons. The van der Waals surface area contributed by atoms with Crippen molar-refractivity contribution in [1.82, 2.24) is 0 Å². The van der Waals surface area contributed by atoms with Crippen LogP contribution in [-0.2, 0) is 0 Å². The van der Waals surface area contributed by atoms with Gasteiger partial charge in [0.15, 0.2) is 0 Å².